The van der Waals surface area contributed by atoms with Gasteiger partial charge < -0.3 is 14.8 Å². The predicted molar refractivity (Wildman–Crippen MR) is 70.4 cm³/mol. The van der Waals surface area contributed by atoms with Crippen molar-refractivity contribution in [3.63, 3.8) is 0 Å². The fourth-order valence-corrected chi connectivity index (χ4v) is 2.82. The first kappa shape index (κ1) is 12.2. The van der Waals surface area contributed by atoms with Crippen LogP contribution < -0.4 is 5.32 Å². The van der Waals surface area contributed by atoms with Crippen LogP contribution in [-0.4, -0.2) is 31.4 Å². The Labute approximate surface area is 108 Å². The van der Waals surface area contributed by atoms with E-state index >= 15 is 0 Å². The maximum absolute atomic E-state index is 6.25. The summed E-state index contributed by atoms with van der Waals surface area (Å²) in [6.45, 7) is 3.26. The number of rotatable bonds is 4. The van der Waals surface area contributed by atoms with Crippen LogP contribution in [0, 0.1) is 0 Å². The third-order valence-corrected chi connectivity index (χ3v) is 4.13. The maximum Gasteiger partial charge on any atom is 0.0861 e. The van der Waals surface area contributed by atoms with Crippen LogP contribution in [0.25, 0.3) is 0 Å². The molecule has 1 heterocycles. The number of hydrogen-bond acceptors (Lipinski definition) is 3. The Hall–Kier alpha value is -0.900. The van der Waals surface area contributed by atoms with Gasteiger partial charge in [-0.2, -0.15) is 0 Å². The molecule has 1 unspecified atom stereocenters. The molecule has 2 aliphatic rings. The molecule has 0 spiro atoms. The molecule has 3 heteroatoms. The number of hydrogen-bond donors (Lipinski definition) is 1. The van der Waals surface area contributed by atoms with E-state index in [-0.39, 0.29) is 5.60 Å². The van der Waals surface area contributed by atoms with Gasteiger partial charge in [-0.25, -0.2) is 0 Å². The second-order valence-electron chi connectivity index (χ2n) is 5.27. The molecule has 3 nitrogen and oxygen atoms in total. The average molecular weight is 247 g/mol. The molecule has 98 valence electrons. The lowest BCUT2D eigenvalue weighted by atomic mass is 9.74. The van der Waals surface area contributed by atoms with Crippen LogP contribution in [0.3, 0.4) is 0 Å². The van der Waals surface area contributed by atoms with Crippen LogP contribution in [0.4, 0.5) is 0 Å². The molecule has 1 aromatic carbocycles. The molecule has 0 amide bonds. The van der Waals surface area contributed by atoms with E-state index < -0.39 is 0 Å². The van der Waals surface area contributed by atoms with Gasteiger partial charge in [0.05, 0.1) is 31.5 Å². The van der Waals surface area contributed by atoms with Crippen LogP contribution in [0.5, 0.6) is 0 Å². The van der Waals surface area contributed by atoms with E-state index in [1.807, 2.05) is 6.07 Å². The van der Waals surface area contributed by atoms with Gasteiger partial charge in [0.15, 0.2) is 0 Å². The third kappa shape index (κ3) is 2.44. The lowest BCUT2D eigenvalue weighted by Gasteiger charge is -2.48. The summed E-state index contributed by atoms with van der Waals surface area (Å²) in [6, 6.07) is 10.8. The van der Waals surface area contributed by atoms with Gasteiger partial charge in [-0.05, 0) is 24.8 Å². The summed E-state index contributed by atoms with van der Waals surface area (Å²) < 4.78 is 11.8. The number of morpholine rings is 1. The Morgan fingerprint density at radius 3 is 2.72 bits per heavy atom. The van der Waals surface area contributed by atoms with E-state index in [9.17, 15) is 0 Å². The predicted octanol–water partition coefficient (Wildman–Crippen LogP) is 2.11. The van der Waals surface area contributed by atoms with Gasteiger partial charge in [-0.15, -0.1) is 0 Å². The summed E-state index contributed by atoms with van der Waals surface area (Å²) in [6.07, 6.45) is 3.58. The van der Waals surface area contributed by atoms with Crippen LogP contribution in [0.2, 0.25) is 0 Å². The molecular weight excluding hydrogens is 226 g/mol. The van der Waals surface area contributed by atoms with E-state index in [1.165, 1.54) is 12.0 Å². The highest BCUT2D eigenvalue weighted by atomic mass is 16.5. The molecule has 0 radical (unpaired) electrons. The highest BCUT2D eigenvalue weighted by Crippen LogP contribution is 2.40. The van der Waals surface area contributed by atoms with Crippen LogP contribution in [0.15, 0.2) is 30.3 Å². The molecule has 1 aromatic rings. The number of ether oxygens (including phenoxy) is 2. The number of nitrogens with one attached hydrogen (secondary N) is 1. The Bertz CT molecular complexity index is 369. The Morgan fingerprint density at radius 2 is 2.11 bits per heavy atom. The first-order valence-corrected chi connectivity index (χ1v) is 6.88. The van der Waals surface area contributed by atoms with Gasteiger partial charge in [0.1, 0.15) is 0 Å². The lowest BCUT2D eigenvalue weighted by Crippen LogP contribution is -2.61. The van der Waals surface area contributed by atoms with Gasteiger partial charge >= 0.3 is 0 Å². The molecule has 1 aliphatic heterocycles. The van der Waals surface area contributed by atoms with E-state index in [1.54, 1.807) is 0 Å². The van der Waals surface area contributed by atoms with Gasteiger partial charge in [0.2, 0.25) is 0 Å². The molecule has 18 heavy (non-hydrogen) atoms. The fraction of sp³-hybridized carbons (Fsp3) is 0.600. The zero-order valence-electron chi connectivity index (χ0n) is 10.7. The first-order valence-electron chi connectivity index (χ1n) is 6.88. The highest BCUT2D eigenvalue weighted by molar-refractivity contribution is 5.14. The second-order valence-corrected chi connectivity index (χ2v) is 5.27. The molecule has 1 atom stereocenters. The van der Waals surface area contributed by atoms with Crippen molar-refractivity contribution >= 4 is 0 Å². The summed E-state index contributed by atoms with van der Waals surface area (Å²) in [5.74, 6) is 0. The molecule has 0 aromatic heterocycles. The van der Waals surface area contributed by atoms with Gasteiger partial charge in [-0.1, -0.05) is 30.3 Å². The summed E-state index contributed by atoms with van der Waals surface area (Å²) in [7, 11) is 0. The Morgan fingerprint density at radius 1 is 1.28 bits per heavy atom. The van der Waals surface area contributed by atoms with Crippen molar-refractivity contribution in [3.05, 3.63) is 35.9 Å². The topological polar surface area (TPSA) is 30.5 Å². The summed E-state index contributed by atoms with van der Waals surface area (Å²) in [5.41, 5.74) is 1.26. The quantitative estimate of drug-likeness (QED) is 0.884. The Balaban J connectivity index is 1.61. The SMILES string of the molecule is c1ccc(COC2(C3COCCN3)CCC2)cc1. The monoisotopic (exact) mass is 247 g/mol. The normalized spacial score (nSPS) is 26.6. The minimum Gasteiger partial charge on any atom is -0.378 e. The van der Waals surface area contributed by atoms with E-state index in [0.29, 0.717) is 12.6 Å². The van der Waals surface area contributed by atoms with Crippen molar-refractivity contribution < 1.29 is 9.47 Å². The van der Waals surface area contributed by atoms with E-state index in [2.05, 4.69) is 29.6 Å². The summed E-state index contributed by atoms with van der Waals surface area (Å²) in [5, 5.41) is 3.55. The third-order valence-electron chi connectivity index (χ3n) is 4.13. The minimum absolute atomic E-state index is 0.0102. The number of benzene rings is 1. The molecule has 1 N–H and O–H groups in total. The van der Waals surface area contributed by atoms with E-state index in [0.717, 1.165) is 32.6 Å². The molecular formula is C15H21NO2. The molecule has 2 fully saturated rings. The maximum atomic E-state index is 6.25. The largest absolute Gasteiger partial charge is 0.378 e. The smallest absolute Gasteiger partial charge is 0.0861 e. The fourth-order valence-electron chi connectivity index (χ4n) is 2.82. The Kier molecular flexibility index (Phi) is 3.64. The van der Waals surface area contributed by atoms with Crippen molar-refractivity contribution in [2.24, 2.45) is 0 Å². The molecule has 1 saturated carbocycles. The second kappa shape index (κ2) is 5.39. The van der Waals surface area contributed by atoms with Crippen LogP contribution in [0.1, 0.15) is 24.8 Å². The summed E-state index contributed by atoms with van der Waals surface area (Å²) >= 11 is 0. The van der Waals surface area contributed by atoms with Crippen molar-refractivity contribution in [1.82, 2.24) is 5.32 Å². The van der Waals surface area contributed by atoms with E-state index in [4.69, 9.17) is 9.47 Å². The minimum atomic E-state index is 0.0102. The van der Waals surface area contributed by atoms with Gasteiger partial charge in [0.25, 0.3) is 0 Å². The van der Waals surface area contributed by atoms with Gasteiger partial charge in [-0.3, -0.25) is 0 Å². The molecule has 0 bridgehead atoms. The molecule has 1 aliphatic carbocycles. The van der Waals surface area contributed by atoms with Crippen LogP contribution in [-0.2, 0) is 16.1 Å². The zero-order valence-corrected chi connectivity index (χ0v) is 10.7. The standard InChI is InChI=1S/C15H21NO2/c1-2-5-13(6-3-1)11-18-15(7-4-8-15)14-12-17-10-9-16-14/h1-3,5-6,14,16H,4,7-12H2. The van der Waals surface area contributed by atoms with Crippen molar-refractivity contribution in [1.29, 1.82) is 0 Å². The van der Waals surface area contributed by atoms with Crippen molar-refractivity contribution in [2.75, 3.05) is 19.8 Å². The highest BCUT2D eigenvalue weighted by Gasteiger charge is 2.45. The van der Waals surface area contributed by atoms with Crippen LogP contribution >= 0.6 is 0 Å². The molecule has 3 rings (SSSR count). The summed E-state index contributed by atoms with van der Waals surface area (Å²) in [4.78, 5) is 0. The molecule has 1 saturated heterocycles. The van der Waals surface area contributed by atoms with Gasteiger partial charge in [0, 0.05) is 6.54 Å². The van der Waals surface area contributed by atoms with Crippen molar-refractivity contribution in [3.8, 4) is 0 Å². The zero-order chi connectivity index (χ0) is 12.3. The average Bonchev–Trinajstić information content (AvgIpc) is 2.40. The lowest BCUT2D eigenvalue weighted by molar-refractivity contribution is -0.151. The van der Waals surface area contributed by atoms with Crippen molar-refractivity contribution in [2.45, 2.75) is 37.5 Å². The first-order chi connectivity index (χ1) is 8.89.